The van der Waals surface area contributed by atoms with Crippen molar-refractivity contribution in [2.45, 2.75) is 52.4 Å². The Morgan fingerprint density at radius 1 is 1.12 bits per heavy atom. The lowest BCUT2D eigenvalue weighted by Crippen LogP contribution is -2.17. The molecule has 2 aromatic carbocycles. The molecule has 3 rings (SSSR count). The van der Waals surface area contributed by atoms with Crippen molar-refractivity contribution >= 4 is 23.4 Å². The average Bonchev–Trinajstić information content (AvgIpc) is 3.19. The fraction of sp³-hybridized carbons (Fsp3) is 0.375. The predicted octanol–water partition coefficient (Wildman–Crippen LogP) is 4.80. The van der Waals surface area contributed by atoms with Crippen LogP contribution in [-0.4, -0.2) is 33.5 Å². The van der Waals surface area contributed by atoms with Gasteiger partial charge in [0.25, 0.3) is 0 Å². The molecule has 170 valence electrons. The summed E-state index contributed by atoms with van der Waals surface area (Å²) in [6, 6.07) is 11.8. The van der Waals surface area contributed by atoms with Crippen molar-refractivity contribution in [2.24, 2.45) is 0 Å². The van der Waals surface area contributed by atoms with Crippen LogP contribution in [0.25, 0.3) is 0 Å². The van der Waals surface area contributed by atoms with Gasteiger partial charge in [-0.25, -0.2) is 0 Å². The summed E-state index contributed by atoms with van der Waals surface area (Å²) in [5, 5.41) is 12.3. The number of amides is 1. The van der Waals surface area contributed by atoms with E-state index in [9.17, 15) is 4.79 Å². The molecule has 0 spiro atoms. The van der Waals surface area contributed by atoms with E-state index in [-0.39, 0.29) is 18.3 Å². The number of thioether (sulfide) groups is 1. The Bertz CT molecular complexity index is 1080. The van der Waals surface area contributed by atoms with E-state index in [2.05, 4.69) is 22.4 Å². The summed E-state index contributed by atoms with van der Waals surface area (Å²) >= 11 is 1.37. The lowest BCUT2D eigenvalue weighted by molar-refractivity contribution is -0.113. The predicted molar refractivity (Wildman–Crippen MR) is 128 cm³/mol. The molecule has 1 heterocycles. The summed E-state index contributed by atoms with van der Waals surface area (Å²) in [6.45, 7) is 9.05. The summed E-state index contributed by atoms with van der Waals surface area (Å²) in [6.07, 6.45) is 0.865. The molecule has 0 aliphatic rings. The Labute approximate surface area is 193 Å². The van der Waals surface area contributed by atoms with Crippen LogP contribution in [0.2, 0.25) is 0 Å². The lowest BCUT2D eigenvalue weighted by Gasteiger charge is -2.13. The Balaban J connectivity index is 1.63. The number of nitrogens with zero attached hydrogens (tertiary/aromatic N) is 3. The number of para-hydroxylation sites is 1. The zero-order chi connectivity index (χ0) is 23.1. The molecule has 8 heteroatoms. The molecule has 0 bridgehead atoms. The minimum Gasteiger partial charge on any atom is -0.493 e. The minimum absolute atomic E-state index is 0.0631. The van der Waals surface area contributed by atoms with Crippen molar-refractivity contribution < 1.29 is 14.3 Å². The highest BCUT2D eigenvalue weighted by Gasteiger charge is 2.16. The van der Waals surface area contributed by atoms with E-state index in [1.54, 1.807) is 7.11 Å². The van der Waals surface area contributed by atoms with Crippen LogP contribution in [-0.2, 0) is 24.4 Å². The zero-order valence-corrected chi connectivity index (χ0v) is 20.1. The van der Waals surface area contributed by atoms with Gasteiger partial charge in [0.05, 0.1) is 12.9 Å². The molecule has 0 radical (unpaired) electrons. The Morgan fingerprint density at radius 3 is 2.66 bits per heavy atom. The van der Waals surface area contributed by atoms with Gasteiger partial charge >= 0.3 is 0 Å². The molecule has 0 atom stereocenters. The number of ether oxygens (including phenoxy) is 2. The molecular weight excluding hydrogens is 424 g/mol. The van der Waals surface area contributed by atoms with E-state index in [1.165, 1.54) is 11.8 Å². The van der Waals surface area contributed by atoms with Crippen LogP contribution in [0, 0.1) is 13.8 Å². The van der Waals surface area contributed by atoms with Crippen molar-refractivity contribution in [1.82, 2.24) is 14.8 Å². The largest absolute Gasteiger partial charge is 0.493 e. The first-order valence-corrected chi connectivity index (χ1v) is 11.7. The van der Waals surface area contributed by atoms with Crippen molar-refractivity contribution in [1.29, 1.82) is 0 Å². The topological polar surface area (TPSA) is 78.3 Å². The summed E-state index contributed by atoms with van der Waals surface area (Å²) in [5.41, 5.74) is 4.19. The quantitative estimate of drug-likeness (QED) is 0.444. The Kier molecular flexibility index (Phi) is 8.16. The molecule has 0 aliphatic carbocycles. The van der Waals surface area contributed by atoms with Crippen LogP contribution in [0.3, 0.4) is 0 Å². The maximum Gasteiger partial charge on any atom is 0.234 e. The van der Waals surface area contributed by atoms with Crippen molar-refractivity contribution in [2.75, 3.05) is 18.2 Å². The van der Waals surface area contributed by atoms with Crippen molar-refractivity contribution in [3.8, 4) is 11.5 Å². The highest BCUT2D eigenvalue weighted by atomic mass is 32.2. The third-order valence-electron chi connectivity index (χ3n) is 5.12. The first kappa shape index (κ1) is 23.7. The number of hydrogen-bond donors (Lipinski definition) is 1. The van der Waals surface area contributed by atoms with Gasteiger partial charge in [-0.3, -0.25) is 4.79 Å². The van der Waals surface area contributed by atoms with Gasteiger partial charge in [0.1, 0.15) is 6.61 Å². The molecule has 0 aliphatic heterocycles. The van der Waals surface area contributed by atoms with Gasteiger partial charge < -0.3 is 19.4 Å². The minimum atomic E-state index is -0.0631. The molecule has 0 fully saturated rings. The number of nitrogens with one attached hydrogen (secondary N) is 1. The molecular formula is C24H30N4O3S. The molecule has 1 N–H and O–H groups in total. The van der Waals surface area contributed by atoms with Gasteiger partial charge in [-0.05, 0) is 56.0 Å². The number of aromatic nitrogens is 3. The second-order valence-electron chi connectivity index (χ2n) is 7.39. The average molecular weight is 455 g/mol. The zero-order valence-electron chi connectivity index (χ0n) is 19.3. The van der Waals surface area contributed by atoms with Crippen LogP contribution in [0.1, 0.15) is 36.4 Å². The summed E-state index contributed by atoms with van der Waals surface area (Å²) < 4.78 is 13.3. The third kappa shape index (κ3) is 5.62. The number of benzene rings is 2. The summed E-state index contributed by atoms with van der Waals surface area (Å²) in [4.78, 5) is 12.6. The SMILES string of the molecule is CCc1cccc(C)c1NC(=O)CSc1nnc(COc2ccc(C)cc2OC)n1CC. The fourth-order valence-electron chi connectivity index (χ4n) is 3.39. The van der Waals surface area contributed by atoms with Crippen LogP contribution >= 0.6 is 11.8 Å². The van der Waals surface area contributed by atoms with Crippen molar-refractivity contribution in [3.63, 3.8) is 0 Å². The van der Waals surface area contributed by atoms with E-state index in [0.29, 0.717) is 29.0 Å². The van der Waals surface area contributed by atoms with Crippen LogP contribution in [0.4, 0.5) is 5.69 Å². The molecule has 32 heavy (non-hydrogen) atoms. The standard InChI is InChI=1S/C24H30N4O3S/c1-6-18-10-8-9-17(4)23(18)25-22(29)15-32-24-27-26-21(28(24)7-2)14-31-19-12-11-16(3)13-20(19)30-5/h8-13H,6-7,14-15H2,1-5H3,(H,25,29). The number of hydrogen-bond acceptors (Lipinski definition) is 6. The molecule has 7 nitrogen and oxygen atoms in total. The van der Waals surface area contributed by atoms with Gasteiger partial charge in [-0.15, -0.1) is 10.2 Å². The van der Waals surface area contributed by atoms with E-state index >= 15 is 0 Å². The Hall–Kier alpha value is -3.00. The van der Waals surface area contributed by atoms with Gasteiger partial charge in [-0.1, -0.05) is 43.0 Å². The molecule has 0 unspecified atom stereocenters. The van der Waals surface area contributed by atoms with Gasteiger partial charge in [0.2, 0.25) is 5.91 Å². The third-order valence-corrected chi connectivity index (χ3v) is 6.09. The first-order valence-electron chi connectivity index (χ1n) is 10.7. The summed E-state index contributed by atoms with van der Waals surface area (Å²) in [5.74, 6) is 2.23. The van der Waals surface area contributed by atoms with E-state index in [0.717, 1.165) is 28.8 Å². The number of carbonyl (C=O) groups excluding carboxylic acids is 1. The second kappa shape index (κ2) is 11.0. The van der Waals surface area contributed by atoms with Crippen LogP contribution in [0.5, 0.6) is 11.5 Å². The van der Waals surface area contributed by atoms with Gasteiger partial charge in [0, 0.05) is 12.2 Å². The van der Waals surface area contributed by atoms with E-state index in [1.807, 2.05) is 61.7 Å². The van der Waals surface area contributed by atoms with Crippen LogP contribution in [0.15, 0.2) is 41.6 Å². The highest BCUT2D eigenvalue weighted by molar-refractivity contribution is 7.99. The highest BCUT2D eigenvalue weighted by Crippen LogP contribution is 2.29. The van der Waals surface area contributed by atoms with Gasteiger partial charge in [-0.2, -0.15) is 0 Å². The fourth-order valence-corrected chi connectivity index (χ4v) is 4.22. The lowest BCUT2D eigenvalue weighted by atomic mass is 10.1. The normalized spacial score (nSPS) is 10.8. The van der Waals surface area contributed by atoms with Crippen LogP contribution < -0.4 is 14.8 Å². The van der Waals surface area contributed by atoms with E-state index in [4.69, 9.17) is 9.47 Å². The number of carbonyl (C=O) groups is 1. The first-order chi connectivity index (χ1) is 15.5. The molecule has 3 aromatic rings. The Morgan fingerprint density at radius 2 is 1.94 bits per heavy atom. The summed E-state index contributed by atoms with van der Waals surface area (Å²) in [7, 11) is 1.62. The molecule has 0 saturated carbocycles. The maximum atomic E-state index is 12.6. The number of rotatable bonds is 10. The number of aryl methyl sites for hydroxylation is 3. The molecule has 0 saturated heterocycles. The second-order valence-corrected chi connectivity index (χ2v) is 8.33. The smallest absolute Gasteiger partial charge is 0.234 e. The number of anilines is 1. The molecule has 1 aromatic heterocycles. The van der Waals surface area contributed by atoms with E-state index < -0.39 is 0 Å². The maximum absolute atomic E-state index is 12.6. The molecule has 1 amide bonds. The number of methoxy groups -OCH3 is 1. The van der Waals surface area contributed by atoms with Crippen molar-refractivity contribution in [3.05, 3.63) is 58.9 Å². The van der Waals surface area contributed by atoms with Gasteiger partial charge in [0.15, 0.2) is 22.5 Å². The monoisotopic (exact) mass is 454 g/mol.